The van der Waals surface area contributed by atoms with Crippen molar-refractivity contribution in [1.29, 1.82) is 0 Å². The van der Waals surface area contributed by atoms with Gasteiger partial charge in [0.1, 0.15) is 0 Å². The van der Waals surface area contributed by atoms with Crippen molar-refractivity contribution < 1.29 is 9.53 Å². The summed E-state index contributed by atoms with van der Waals surface area (Å²) in [6, 6.07) is 1.73. The van der Waals surface area contributed by atoms with E-state index in [1.165, 1.54) is 12.8 Å². The Labute approximate surface area is 119 Å². The first kappa shape index (κ1) is 14.7. The number of hydrogen-bond donors (Lipinski definition) is 2. The lowest BCUT2D eigenvalue weighted by Gasteiger charge is -2.22. The van der Waals surface area contributed by atoms with Gasteiger partial charge in [0.05, 0.1) is 7.11 Å². The van der Waals surface area contributed by atoms with Gasteiger partial charge in [0, 0.05) is 18.2 Å². The van der Waals surface area contributed by atoms with Gasteiger partial charge >= 0.3 is 0 Å². The third-order valence-corrected chi connectivity index (χ3v) is 3.47. The van der Waals surface area contributed by atoms with E-state index in [1.54, 1.807) is 13.2 Å². The molecule has 0 spiro atoms. The quantitative estimate of drug-likeness (QED) is 0.854. The molecule has 2 heterocycles. The van der Waals surface area contributed by atoms with E-state index in [2.05, 4.69) is 20.6 Å². The number of anilines is 1. The number of aromatic nitrogens is 2. The second-order valence-corrected chi connectivity index (χ2v) is 5.17. The molecule has 110 valence electrons. The monoisotopic (exact) mass is 278 g/mol. The molecule has 2 N–H and O–H groups in total. The van der Waals surface area contributed by atoms with Crippen LogP contribution in [0.2, 0.25) is 0 Å². The third kappa shape index (κ3) is 4.45. The van der Waals surface area contributed by atoms with Crippen LogP contribution in [0.4, 0.5) is 5.95 Å². The Morgan fingerprint density at radius 2 is 2.40 bits per heavy atom. The van der Waals surface area contributed by atoms with E-state index < -0.39 is 0 Å². The Balaban J connectivity index is 1.83. The van der Waals surface area contributed by atoms with E-state index in [0.717, 1.165) is 25.2 Å². The van der Waals surface area contributed by atoms with Crippen LogP contribution in [0, 0.1) is 12.8 Å². The molecule has 1 atom stereocenters. The van der Waals surface area contributed by atoms with Crippen LogP contribution in [-0.4, -0.2) is 36.1 Å². The second-order valence-electron chi connectivity index (χ2n) is 5.17. The van der Waals surface area contributed by atoms with Crippen LogP contribution in [0.3, 0.4) is 0 Å². The first-order valence-corrected chi connectivity index (χ1v) is 7.07. The van der Waals surface area contributed by atoms with E-state index in [9.17, 15) is 4.79 Å². The summed E-state index contributed by atoms with van der Waals surface area (Å²) >= 11 is 0. The molecule has 6 heteroatoms. The molecule has 1 unspecified atom stereocenters. The molecule has 0 bridgehead atoms. The lowest BCUT2D eigenvalue weighted by molar-refractivity contribution is -0.116. The zero-order valence-electron chi connectivity index (χ0n) is 12.1. The summed E-state index contributed by atoms with van der Waals surface area (Å²) < 4.78 is 5.06. The highest BCUT2D eigenvalue weighted by Gasteiger charge is 2.15. The van der Waals surface area contributed by atoms with Crippen LogP contribution in [-0.2, 0) is 4.79 Å². The predicted octanol–water partition coefficient (Wildman–Crippen LogP) is 1.51. The van der Waals surface area contributed by atoms with Gasteiger partial charge in [0.15, 0.2) is 0 Å². The average molecular weight is 278 g/mol. The molecule has 1 saturated heterocycles. The summed E-state index contributed by atoms with van der Waals surface area (Å²) in [7, 11) is 1.55. The largest absolute Gasteiger partial charge is 0.481 e. The highest BCUT2D eigenvalue weighted by molar-refractivity contribution is 5.88. The van der Waals surface area contributed by atoms with Crippen molar-refractivity contribution in [3.05, 3.63) is 11.8 Å². The molecule has 0 aliphatic carbocycles. The maximum absolute atomic E-state index is 11.9. The maximum Gasteiger partial charge on any atom is 0.232 e. The molecule has 1 fully saturated rings. The first-order valence-electron chi connectivity index (χ1n) is 7.07. The molecule has 6 nitrogen and oxygen atoms in total. The van der Waals surface area contributed by atoms with Crippen LogP contribution < -0.4 is 15.4 Å². The van der Waals surface area contributed by atoms with Crippen molar-refractivity contribution in [2.24, 2.45) is 5.92 Å². The van der Waals surface area contributed by atoms with E-state index in [1.807, 2.05) is 6.92 Å². The fourth-order valence-corrected chi connectivity index (χ4v) is 2.39. The Kier molecular flexibility index (Phi) is 5.29. The number of amides is 1. The lowest BCUT2D eigenvalue weighted by Crippen LogP contribution is -2.30. The lowest BCUT2D eigenvalue weighted by atomic mass is 9.94. The minimum absolute atomic E-state index is 0.0387. The van der Waals surface area contributed by atoms with Gasteiger partial charge in [0.2, 0.25) is 17.7 Å². The number of piperidine rings is 1. The average Bonchev–Trinajstić information content (AvgIpc) is 2.45. The SMILES string of the molecule is COc1cc(C)nc(NC(=O)CCC2CCCNC2)n1. The molecule has 1 aliphatic heterocycles. The number of hydrogen-bond acceptors (Lipinski definition) is 5. The number of ether oxygens (including phenoxy) is 1. The smallest absolute Gasteiger partial charge is 0.232 e. The maximum atomic E-state index is 11.9. The number of methoxy groups -OCH3 is 1. The topological polar surface area (TPSA) is 76.1 Å². The molecule has 1 aliphatic rings. The molecule has 1 aromatic rings. The number of aryl methyl sites for hydroxylation is 1. The minimum atomic E-state index is -0.0387. The molecule has 0 radical (unpaired) electrons. The van der Waals surface area contributed by atoms with Crippen molar-refractivity contribution >= 4 is 11.9 Å². The fourth-order valence-electron chi connectivity index (χ4n) is 2.39. The van der Waals surface area contributed by atoms with Crippen molar-refractivity contribution in [2.45, 2.75) is 32.6 Å². The van der Waals surface area contributed by atoms with Gasteiger partial charge in [-0.1, -0.05) is 0 Å². The number of carbonyl (C=O) groups excluding carboxylic acids is 1. The number of carbonyl (C=O) groups is 1. The highest BCUT2D eigenvalue weighted by Crippen LogP contribution is 2.16. The van der Waals surface area contributed by atoms with Gasteiger partial charge in [-0.15, -0.1) is 0 Å². The summed E-state index contributed by atoms with van der Waals surface area (Å²) in [4.78, 5) is 20.2. The van der Waals surface area contributed by atoms with Crippen LogP contribution in [0.5, 0.6) is 5.88 Å². The fraction of sp³-hybridized carbons (Fsp3) is 0.643. The van der Waals surface area contributed by atoms with E-state index in [4.69, 9.17) is 4.74 Å². The van der Waals surface area contributed by atoms with Gasteiger partial charge < -0.3 is 10.1 Å². The standard InChI is InChI=1S/C14H22N4O2/c1-10-8-13(20-2)18-14(16-10)17-12(19)6-5-11-4-3-7-15-9-11/h8,11,15H,3-7,9H2,1-2H3,(H,16,17,18,19). The molecule has 0 aromatic carbocycles. The molecule has 2 rings (SSSR count). The zero-order chi connectivity index (χ0) is 14.4. The Morgan fingerprint density at radius 3 is 3.10 bits per heavy atom. The highest BCUT2D eigenvalue weighted by atomic mass is 16.5. The van der Waals surface area contributed by atoms with Crippen LogP contribution in [0.25, 0.3) is 0 Å². The molecular weight excluding hydrogens is 256 g/mol. The van der Waals surface area contributed by atoms with Crippen LogP contribution in [0.1, 0.15) is 31.4 Å². The molecule has 0 saturated carbocycles. The van der Waals surface area contributed by atoms with Gasteiger partial charge in [-0.2, -0.15) is 4.98 Å². The number of rotatable bonds is 5. The van der Waals surface area contributed by atoms with Gasteiger partial charge in [-0.05, 0) is 45.2 Å². The Bertz CT molecular complexity index is 458. The molecule has 1 aromatic heterocycles. The van der Waals surface area contributed by atoms with Gasteiger partial charge in [-0.25, -0.2) is 4.98 Å². The van der Waals surface area contributed by atoms with E-state index in [0.29, 0.717) is 24.2 Å². The number of nitrogens with one attached hydrogen (secondary N) is 2. The third-order valence-electron chi connectivity index (χ3n) is 3.47. The van der Waals surface area contributed by atoms with E-state index in [-0.39, 0.29) is 5.91 Å². The van der Waals surface area contributed by atoms with Crippen molar-refractivity contribution in [3.8, 4) is 5.88 Å². The van der Waals surface area contributed by atoms with Crippen molar-refractivity contribution in [2.75, 3.05) is 25.5 Å². The molecular formula is C14H22N4O2. The van der Waals surface area contributed by atoms with Crippen molar-refractivity contribution in [3.63, 3.8) is 0 Å². The summed E-state index contributed by atoms with van der Waals surface area (Å²) in [5.41, 5.74) is 0.767. The summed E-state index contributed by atoms with van der Waals surface area (Å²) in [5.74, 6) is 1.34. The minimum Gasteiger partial charge on any atom is -0.481 e. The first-order chi connectivity index (χ1) is 9.67. The normalized spacial score (nSPS) is 18.6. The van der Waals surface area contributed by atoms with Gasteiger partial charge in [0.25, 0.3) is 0 Å². The summed E-state index contributed by atoms with van der Waals surface area (Å²) in [6.45, 7) is 3.95. The van der Waals surface area contributed by atoms with Crippen molar-refractivity contribution in [1.82, 2.24) is 15.3 Å². The summed E-state index contributed by atoms with van der Waals surface area (Å²) in [5, 5.41) is 6.09. The van der Waals surface area contributed by atoms with Crippen LogP contribution >= 0.6 is 0 Å². The molecule has 1 amide bonds. The van der Waals surface area contributed by atoms with Crippen LogP contribution in [0.15, 0.2) is 6.07 Å². The second kappa shape index (κ2) is 7.19. The van der Waals surface area contributed by atoms with E-state index >= 15 is 0 Å². The predicted molar refractivity (Wildman–Crippen MR) is 76.8 cm³/mol. The Hall–Kier alpha value is -1.69. The zero-order valence-corrected chi connectivity index (χ0v) is 12.1. The molecule has 20 heavy (non-hydrogen) atoms. The summed E-state index contributed by atoms with van der Waals surface area (Å²) in [6.07, 6.45) is 3.81. The Morgan fingerprint density at radius 1 is 1.55 bits per heavy atom. The van der Waals surface area contributed by atoms with Gasteiger partial charge in [-0.3, -0.25) is 10.1 Å². The number of nitrogens with zero attached hydrogens (tertiary/aromatic N) is 2.